The van der Waals surface area contributed by atoms with Crippen molar-refractivity contribution in [2.45, 2.75) is 57.5 Å². The van der Waals surface area contributed by atoms with Gasteiger partial charge in [-0.1, -0.05) is 13.8 Å². The van der Waals surface area contributed by atoms with Crippen LogP contribution in [0.2, 0.25) is 0 Å². The van der Waals surface area contributed by atoms with Gasteiger partial charge in [0.2, 0.25) is 0 Å². The van der Waals surface area contributed by atoms with Gasteiger partial charge in [0.05, 0.1) is 0 Å². The Morgan fingerprint density at radius 2 is 2.21 bits per heavy atom. The van der Waals surface area contributed by atoms with E-state index >= 15 is 0 Å². The molecule has 1 aliphatic carbocycles. The third-order valence-corrected chi connectivity index (χ3v) is 4.70. The molecule has 0 aromatic heterocycles. The topological polar surface area (TPSA) is 29.3 Å². The van der Waals surface area contributed by atoms with Crippen molar-refractivity contribution in [3.63, 3.8) is 0 Å². The van der Waals surface area contributed by atoms with E-state index in [1.54, 1.807) is 0 Å². The minimum atomic E-state index is 0.386. The van der Waals surface area contributed by atoms with Crippen LogP contribution in [0.5, 0.6) is 0 Å². The summed E-state index contributed by atoms with van der Waals surface area (Å²) in [6.45, 7) is 6.85. The Morgan fingerprint density at radius 3 is 2.64 bits per heavy atom. The maximum absolute atomic E-state index is 6.01. The van der Waals surface area contributed by atoms with Gasteiger partial charge in [0.15, 0.2) is 0 Å². The van der Waals surface area contributed by atoms with Crippen molar-refractivity contribution in [1.29, 1.82) is 0 Å². The molecule has 0 aromatic carbocycles. The smallest absolute Gasteiger partial charge is 0.0360 e. The quantitative estimate of drug-likeness (QED) is 0.748. The molecule has 3 unspecified atom stereocenters. The van der Waals surface area contributed by atoms with E-state index in [4.69, 9.17) is 5.73 Å². The molecule has 0 aromatic rings. The number of hydrogen-bond donors (Lipinski definition) is 1. The van der Waals surface area contributed by atoms with Gasteiger partial charge in [-0.15, -0.1) is 0 Å². The molecular weight excluding hydrogens is 172 g/mol. The number of nitrogens with two attached hydrogens (primary N) is 1. The Bertz CT molecular complexity index is 200. The maximum Gasteiger partial charge on any atom is 0.0360 e. The van der Waals surface area contributed by atoms with E-state index < -0.39 is 0 Å². The number of nitrogens with zero attached hydrogens (tertiary/aromatic N) is 1. The first-order valence-corrected chi connectivity index (χ1v) is 6.21. The van der Waals surface area contributed by atoms with Crippen LogP contribution in [0.4, 0.5) is 0 Å². The summed E-state index contributed by atoms with van der Waals surface area (Å²) in [6, 6.07) is 0.821. The molecule has 82 valence electrons. The molecule has 1 saturated carbocycles. The molecule has 1 aliphatic heterocycles. The normalized spacial score (nSPS) is 43.9. The van der Waals surface area contributed by atoms with E-state index in [1.165, 1.54) is 38.6 Å². The van der Waals surface area contributed by atoms with Crippen LogP contribution in [-0.4, -0.2) is 29.6 Å². The van der Waals surface area contributed by atoms with E-state index in [-0.39, 0.29) is 0 Å². The summed E-state index contributed by atoms with van der Waals surface area (Å²) in [7, 11) is 0. The lowest BCUT2D eigenvalue weighted by Gasteiger charge is -2.55. The Balaban J connectivity index is 2.11. The van der Waals surface area contributed by atoms with Crippen molar-refractivity contribution < 1.29 is 0 Å². The van der Waals surface area contributed by atoms with Gasteiger partial charge in [-0.05, 0) is 44.6 Å². The highest BCUT2D eigenvalue weighted by Gasteiger charge is 2.50. The van der Waals surface area contributed by atoms with Gasteiger partial charge in [-0.3, -0.25) is 4.90 Å². The van der Waals surface area contributed by atoms with Crippen LogP contribution in [0.1, 0.15) is 46.0 Å². The first-order valence-electron chi connectivity index (χ1n) is 6.21. The van der Waals surface area contributed by atoms with Gasteiger partial charge >= 0.3 is 0 Å². The van der Waals surface area contributed by atoms with E-state index in [1.807, 2.05) is 0 Å². The SMILES string of the molecule is CCC1CCCN1C1(CN)CCC1C. The molecule has 3 atom stereocenters. The third kappa shape index (κ3) is 1.31. The van der Waals surface area contributed by atoms with Crippen molar-refractivity contribution in [3.8, 4) is 0 Å². The first kappa shape index (κ1) is 10.4. The second-order valence-corrected chi connectivity index (χ2v) is 5.15. The standard InChI is InChI=1S/C12H24N2/c1-3-11-5-4-8-14(11)12(9-13)7-6-10(12)2/h10-11H,3-9,13H2,1-2H3. The molecule has 2 N–H and O–H groups in total. The fourth-order valence-corrected chi connectivity index (χ4v) is 3.46. The summed E-state index contributed by atoms with van der Waals surface area (Å²) in [5.41, 5.74) is 6.40. The lowest BCUT2D eigenvalue weighted by atomic mass is 9.66. The minimum Gasteiger partial charge on any atom is -0.329 e. The Morgan fingerprint density at radius 1 is 1.43 bits per heavy atom. The summed E-state index contributed by atoms with van der Waals surface area (Å²) in [6.07, 6.45) is 6.79. The largest absolute Gasteiger partial charge is 0.329 e. The fourth-order valence-electron chi connectivity index (χ4n) is 3.46. The van der Waals surface area contributed by atoms with Crippen molar-refractivity contribution in [1.82, 2.24) is 4.90 Å². The minimum absolute atomic E-state index is 0.386. The van der Waals surface area contributed by atoms with E-state index in [0.717, 1.165) is 18.5 Å². The molecule has 0 bridgehead atoms. The lowest BCUT2D eigenvalue weighted by molar-refractivity contribution is -0.0387. The Kier molecular flexibility index (Phi) is 2.85. The van der Waals surface area contributed by atoms with Crippen molar-refractivity contribution in [2.24, 2.45) is 11.7 Å². The van der Waals surface area contributed by atoms with Crippen molar-refractivity contribution in [2.75, 3.05) is 13.1 Å². The third-order valence-electron chi connectivity index (χ3n) is 4.70. The highest BCUT2D eigenvalue weighted by Crippen LogP contribution is 2.45. The van der Waals surface area contributed by atoms with Gasteiger partial charge in [0, 0.05) is 18.1 Å². The number of rotatable bonds is 3. The predicted molar refractivity (Wildman–Crippen MR) is 60.2 cm³/mol. The first-order chi connectivity index (χ1) is 6.74. The Labute approximate surface area is 87.8 Å². The summed E-state index contributed by atoms with van der Waals surface area (Å²) >= 11 is 0. The summed E-state index contributed by atoms with van der Waals surface area (Å²) in [5.74, 6) is 0.819. The summed E-state index contributed by atoms with van der Waals surface area (Å²) < 4.78 is 0. The summed E-state index contributed by atoms with van der Waals surface area (Å²) in [4.78, 5) is 2.74. The highest BCUT2D eigenvalue weighted by atomic mass is 15.3. The average Bonchev–Trinajstić information content (AvgIpc) is 2.66. The van der Waals surface area contributed by atoms with Crippen LogP contribution >= 0.6 is 0 Å². The molecule has 2 rings (SSSR count). The highest BCUT2D eigenvalue weighted by molar-refractivity contribution is 5.06. The zero-order valence-electron chi connectivity index (χ0n) is 9.63. The van der Waals surface area contributed by atoms with Gasteiger partial charge in [0.25, 0.3) is 0 Å². The maximum atomic E-state index is 6.01. The molecule has 14 heavy (non-hydrogen) atoms. The van der Waals surface area contributed by atoms with Crippen LogP contribution < -0.4 is 5.73 Å². The lowest BCUT2D eigenvalue weighted by Crippen LogP contribution is -2.64. The molecule has 2 aliphatic rings. The number of hydrogen-bond acceptors (Lipinski definition) is 2. The molecule has 0 amide bonds. The Hall–Kier alpha value is -0.0800. The van der Waals surface area contributed by atoms with Crippen LogP contribution in [0.3, 0.4) is 0 Å². The zero-order valence-corrected chi connectivity index (χ0v) is 9.63. The van der Waals surface area contributed by atoms with Crippen molar-refractivity contribution >= 4 is 0 Å². The second kappa shape index (κ2) is 3.82. The van der Waals surface area contributed by atoms with Gasteiger partial charge < -0.3 is 5.73 Å². The predicted octanol–water partition coefficient (Wildman–Crippen LogP) is 1.99. The average molecular weight is 196 g/mol. The van der Waals surface area contributed by atoms with E-state index in [2.05, 4.69) is 18.7 Å². The summed E-state index contributed by atoms with van der Waals surface area (Å²) in [5, 5.41) is 0. The molecular formula is C12H24N2. The molecule has 2 nitrogen and oxygen atoms in total. The molecule has 2 fully saturated rings. The van der Waals surface area contributed by atoms with Gasteiger partial charge in [-0.2, -0.15) is 0 Å². The van der Waals surface area contributed by atoms with Gasteiger partial charge in [-0.25, -0.2) is 0 Å². The van der Waals surface area contributed by atoms with Gasteiger partial charge in [0.1, 0.15) is 0 Å². The van der Waals surface area contributed by atoms with Crippen LogP contribution in [-0.2, 0) is 0 Å². The van der Waals surface area contributed by atoms with Crippen LogP contribution in [0.25, 0.3) is 0 Å². The fraction of sp³-hybridized carbons (Fsp3) is 1.00. The zero-order chi connectivity index (χ0) is 10.2. The van der Waals surface area contributed by atoms with E-state index in [0.29, 0.717) is 5.54 Å². The molecule has 0 radical (unpaired) electrons. The molecule has 1 heterocycles. The number of likely N-dealkylation sites (tertiary alicyclic amines) is 1. The van der Waals surface area contributed by atoms with Crippen molar-refractivity contribution in [3.05, 3.63) is 0 Å². The van der Waals surface area contributed by atoms with E-state index in [9.17, 15) is 0 Å². The second-order valence-electron chi connectivity index (χ2n) is 5.15. The monoisotopic (exact) mass is 196 g/mol. The van der Waals surface area contributed by atoms with Crippen LogP contribution in [0, 0.1) is 5.92 Å². The molecule has 0 spiro atoms. The molecule has 1 saturated heterocycles. The van der Waals surface area contributed by atoms with Crippen LogP contribution in [0.15, 0.2) is 0 Å². The molecule has 2 heteroatoms.